The van der Waals surface area contributed by atoms with E-state index in [0.29, 0.717) is 33.7 Å². The zero-order chi connectivity index (χ0) is 25.6. The van der Waals surface area contributed by atoms with E-state index in [1.54, 1.807) is 6.07 Å². The number of ether oxygens (including phenoxy) is 1. The first-order valence-electron chi connectivity index (χ1n) is 11.4. The van der Waals surface area contributed by atoms with Gasteiger partial charge in [-0.3, -0.25) is 9.89 Å². The maximum Gasteiger partial charge on any atom is 0.272 e. The summed E-state index contributed by atoms with van der Waals surface area (Å²) in [6.45, 7) is 5.82. The van der Waals surface area contributed by atoms with E-state index in [0.717, 1.165) is 32.4 Å². The van der Waals surface area contributed by atoms with E-state index in [4.69, 9.17) is 32.9 Å². The lowest BCUT2D eigenvalue weighted by molar-refractivity contribution is 0.0571. The van der Waals surface area contributed by atoms with Gasteiger partial charge in [-0.1, -0.05) is 57.3 Å². The van der Waals surface area contributed by atoms with E-state index >= 15 is 0 Å². The van der Waals surface area contributed by atoms with Gasteiger partial charge in [0.25, 0.3) is 5.91 Å². The second-order valence-corrected chi connectivity index (χ2v) is 11.2. The number of fused-ring (bicyclic) bond motifs is 1. The van der Waals surface area contributed by atoms with Crippen LogP contribution in [0.15, 0.2) is 59.1 Å². The Morgan fingerprint density at radius 2 is 1.86 bits per heavy atom. The Morgan fingerprint density at radius 3 is 2.53 bits per heavy atom. The van der Waals surface area contributed by atoms with E-state index in [9.17, 15) is 4.79 Å². The highest BCUT2D eigenvalue weighted by Crippen LogP contribution is 2.45. The van der Waals surface area contributed by atoms with Crippen LogP contribution in [0.4, 0.5) is 0 Å². The van der Waals surface area contributed by atoms with Gasteiger partial charge in [0.05, 0.1) is 16.8 Å². The number of hydrogen-bond acceptors (Lipinski definition) is 4. The Bertz CT molecular complexity index is 1470. The van der Waals surface area contributed by atoms with Gasteiger partial charge in [0.15, 0.2) is 0 Å². The predicted octanol–water partition coefficient (Wildman–Crippen LogP) is 7.55. The van der Waals surface area contributed by atoms with Crippen molar-refractivity contribution in [3.8, 4) is 28.3 Å². The SMILES string of the molecule is Cc1cc(C(=O)N[C@@H]2CC(C)(C)Oc3nc(-c4ccc(Br)cc4Cl)c(-c4ccc(Cl)cc4)cc32)n[nH]1. The van der Waals surface area contributed by atoms with Crippen LogP contribution in [0.1, 0.15) is 48.1 Å². The smallest absolute Gasteiger partial charge is 0.272 e. The minimum absolute atomic E-state index is 0.263. The molecule has 0 saturated carbocycles. The summed E-state index contributed by atoms with van der Waals surface area (Å²) in [7, 11) is 0. The number of nitrogens with zero attached hydrogens (tertiary/aromatic N) is 2. The molecule has 2 aromatic heterocycles. The standard InChI is InChI=1S/C27H23BrCl2N4O2/c1-14-10-22(34-33-14)25(35)31-23-13-27(2,3)36-26-20(23)12-19(15-4-7-17(29)8-5-15)24(32-26)18-9-6-16(28)11-21(18)30/h4-12,23H,13H2,1-3H3,(H,31,35)(H,33,34)/t23-/m1/s1. The second-order valence-electron chi connectivity index (χ2n) is 9.44. The van der Waals surface area contributed by atoms with Gasteiger partial charge in [-0.2, -0.15) is 5.10 Å². The quantitative estimate of drug-likeness (QED) is 0.259. The van der Waals surface area contributed by atoms with Crippen molar-refractivity contribution < 1.29 is 9.53 Å². The third-order valence-corrected chi connectivity index (χ3v) is 7.10. The van der Waals surface area contributed by atoms with Crippen LogP contribution in [-0.2, 0) is 0 Å². The van der Waals surface area contributed by atoms with Crippen LogP contribution in [0.2, 0.25) is 10.0 Å². The van der Waals surface area contributed by atoms with Crippen LogP contribution in [0, 0.1) is 6.92 Å². The molecule has 1 aliphatic rings. The number of halogens is 3. The molecule has 1 atom stereocenters. The summed E-state index contributed by atoms with van der Waals surface area (Å²) in [5, 5.41) is 11.2. The molecule has 184 valence electrons. The summed E-state index contributed by atoms with van der Waals surface area (Å²) in [6.07, 6.45) is 0.565. The lowest BCUT2D eigenvalue weighted by Crippen LogP contribution is -2.41. The normalized spacial score (nSPS) is 16.2. The second kappa shape index (κ2) is 9.54. The molecule has 2 N–H and O–H groups in total. The van der Waals surface area contributed by atoms with Gasteiger partial charge in [-0.15, -0.1) is 0 Å². The Hall–Kier alpha value is -2.87. The molecule has 6 nitrogen and oxygen atoms in total. The molecule has 9 heteroatoms. The number of carbonyl (C=O) groups is 1. The number of aromatic nitrogens is 3. The van der Waals surface area contributed by atoms with Crippen molar-refractivity contribution in [3.63, 3.8) is 0 Å². The number of aromatic amines is 1. The maximum atomic E-state index is 13.0. The molecule has 0 bridgehead atoms. The first-order chi connectivity index (χ1) is 17.1. The van der Waals surface area contributed by atoms with Crippen molar-refractivity contribution in [2.45, 2.75) is 38.8 Å². The number of rotatable bonds is 4. The number of aryl methyl sites for hydroxylation is 1. The van der Waals surface area contributed by atoms with Gasteiger partial charge in [0.2, 0.25) is 5.88 Å². The van der Waals surface area contributed by atoms with Gasteiger partial charge in [-0.25, -0.2) is 4.98 Å². The molecule has 5 rings (SSSR count). The van der Waals surface area contributed by atoms with E-state index in [-0.39, 0.29) is 11.9 Å². The molecule has 0 fully saturated rings. The fraction of sp³-hybridized carbons (Fsp3) is 0.222. The number of carbonyl (C=O) groups excluding carboxylic acids is 1. The molecule has 36 heavy (non-hydrogen) atoms. The van der Waals surface area contributed by atoms with E-state index in [2.05, 4.69) is 31.4 Å². The van der Waals surface area contributed by atoms with E-state index in [1.807, 2.05) is 69.3 Å². The highest BCUT2D eigenvalue weighted by Gasteiger charge is 2.37. The fourth-order valence-electron chi connectivity index (χ4n) is 4.38. The van der Waals surface area contributed by atoms with Gasteiger partial charge < -0.3 is 10.1 Å². The van der Waals surface area contributed by atoms with Crippen LogP contribution >= 0.6 is 39.1 Å². The molecule has 0 aliphatic carbocycles. The van der Waals surface area contributed by atoms with Crippen molar-refractivity contribution in [2.24, 2.45) is 0 Å². The summed E-state index contributed by atoms with van der Waals surface area (Å²) < 4.78 is 7.19. The largest absolute Gasteiger partial charge is 0.471 e. The zero-order valence-corrected chi connectivity index (χ0v) is 22.9. The average molecular weight is 586 g/mol. The maximum absolute atomic E-state index is 13.0. The Morgan fingerprint density at radius 1 is 1.11 bits per heavy atom. The van der Waals surface area contributed by atoms with Gasteiger partial charge in [-0.05, 0) is 62.7 Å². The monoisotopic (exact) mass is 584 g/mol. The summed E-state index contributed by atoms with van der Waals surface area (Å²) in [5.41, 5.74) is 4.61. The van der Waals surface area contributed by atoms with E-state index < -0.39 is 5.60 Å². The molecule has 4 aromatic rings. The van der Waals surface area contributed by atoms with E-state index in [1.165, 1.54) is 0 Å². The number of amides is 1. The number of benzene rings is 2. The van der Waals surface area contributed by atoms with Crippen LogP contribution in [-0.4, -0.2) is 26.7 Å². The summed E-state index contributed by atoms with van der Waals surface area (Å²) in [6, 6.07) is 16.6. The van der Waals surface area contributed by atoms with Crippen LogP contribution in [0.3, 0.4) is 0 Å². The molecular weight excluding hydrogens is 563 g/mol. The fourth-order valence-corrected chi connectivity index (χ4v) is 5.27. The first-order valence-corrected chi connectivity index (χ1v) is 12.9. The number of pyridine rings is 1. The molecule has 0 saturated heterocycles. The van der Waals surface area contributed by atoms with Crippen molar-refractivity contribution >= 4 is 45.0 Å². The van der Waals surface area contributed by atoms with Crippen molar-refractivity contribution in [1.29, 1.82) is 0 Å². The first kappa shape index (κ1) is 24.8. The van der Waals surface area contributed by atoms with Crippen LogP contribution in [0.5, 0.6) is 5.88 Å². The average Bonchev–Trinajstić information content (AvgIpc) is 3.25. The number of hydrogen-bond donors (Lipinski definition) is 2. The predicted molar refractivity (Wildman–Crippen MR) is 146 cm³/mol. The number of H-pyrrole nitrogens is 1. The van der Waals surface area contributed by atoms with Crippen molar-refractivity contribution in [1.82, 2.24) is 20.5 Å². The topological polar surface area (TPSA) is 79.9 Å². The lowest BCUT2D eigenvalue weighted by atomic mass is 9.88. The molecule has 1 aliphatic heterocycles. The van der Waals surface area contributed by atoms with Gasteiger partial charge >= 0.3 is 0 Å². The molecule has 2 aromatic carbocycles. The summed E-state index contributed by atoms with van der Waals surface area (Å²) >= 11 is 16.3. The minimum atomic E-state index is -0.554. The zero-order valence-electron chi connectivity index (χ0n) is 19.8. The molecule has 0 spiro atoms. The van der Waals surface area contributed by atoms with Crippen LogP contribution < -0.4 is 10.1 Å². The Kier molecular flexibility index (Phi) is 6.57. The summed E-state index contributed by atoms with van der Waals surface area (Å²) in [5.74, 6) is 0.197. The third-order valence-electron chi connectivity index (χ3n) is 6.04. The highest BCUT2D eigenvalue weighted by atomic mass is 79.9. The number of nitrogens with one attached hydrogen (secondary N) is 2. The molecule has 0 unspecified atom stereocenters. The molecular formula is C27H23BrCl2N4O2. The summed E-state index contributed by atoms with van der Waals surface area (Å²) in [4.78, 5) is 18.0. The van der Waals surface area contributed by atoms with Crippen molar-refractivity contribution in [3.05, 3.63) is 86.1 Å². The van der Waals surface area contributed by atoms with Gasteiger partial charge in [0, 0.05) is 38.3 Å². The van der Waals surface area contributed by atoms with Crippen LogP contribution in [0.25, 0.3) is 22.4 Å². The molecule has 3 heterocycles. The lowest BCUT2D eigenvalue weighted by Gasteiger charge is -2.37. The Labute approximate surface area is 227 Å². The van der Waals surface area contributed by atoms with Gasteiger partial charge in [0.1, 0.15) is 11.3 Å². The molecule has 1 amide bonds. The molecule has 0 radical (unpaired) electrons. The Balaban J connectivity index is 1.67. The van der Waals surface area contributed by atoms with Crippen molar-refractivity contribution in [2.75, 3.05) is 0 Å². The third kappa shape index (κ3) is 5.01. The minimum Gasteiger partial charge on any atom is -0.471 e. The highest BCUT2D eigenvalue weighted by molar-refractivity contribution is 9.10.